The molecule has 1 atom stereocenters. The van der Waals surface area contributed by atoms with Crippen LogP contribution in [0.5, 0.6) is 17.2 Å². The van der Waals surface area contributed by atoms with Crippen LogP contribution in [0.4, 0.5) is 26.3 Å². The van der Waals surface area contributed by atoms with E-state index < -0.39 is 35.7 Å². The average Bonchev–Trinajstić information content (AvgIpc) is 2.87. The van der Waals surface area contributed by atoms with E-state index in [9.17, 15) is 31.1 Å². The maximum atomic E-state index is 13.5. The zero-order valence-corrected chi connectivity index (χ0v) is 20.9. The fourth-order valence-electron chi connectivity index (χ4n) is 4.41. The van der Waals surface area contributed by atoms with Crippen molar-refractivity contribution in [3.05, 3.63) is 58.7 Å². The van der Waals surface area contributed by atoms with E-state index in [1.165, 1.54) is 6.07 Å². The summed E-state index contributed by atoms with van der Waals surface area (Å²) in [7, 11) is 0. The molecule has 0 aliphatic carbocycles. The first-order chi connectivity index (χ1) is 18.3. The van der Waals surface area contributed by atoms with E-state index in [1.807, 2.05) is 6.08 Å². The van der Waals surface area contributed by atoms with Gasteiger partial charge in [-0.3, -0.25) is 9.69 Å². The molecule has 0 bridgehead atoms. The lowest BCUT2D eigenvalue weighted by Gasteiger charge is -2.31. The van der Waals surface area contributed by atoms with Crippen LogP contribution in [0.25, 0.3) is 6.08 Å². The van der Waals surface area contributed by atoms with Crippen LogP contribution >= 0.6 is 0 Å². The Hall–Kier alpha value is -3.41. The van der Waals surface area contributed by atoms with E-state index in [4.69, 9.17) is 14.6 Å². The van der Waals surface area contributed by atoms with E-state index in [0.29, 0.717) is 63.6 Å². The number of piperidine rings is 1. The summed E-state index contributed by atoms with van der Waals surface area (Å²) in [6.07, 6.45) is -8.94. The molecule has 0 amide bonds. The summed E-state index contributed by atoms with van der Waals surface area (Å²) in [6.45, 7) is 2.76. The average molecular weight is 560 g/mol. The monoisotopic (exact) mass is 559 g/mol. The molecule has 39 heavy (non-hydrogen) atoms. The number of alkyl halides is 6. The number of carboxylic acid groups (broad SMARTS) is 1. The molecule has 1 N–H and O–H groups in total. The van der Waals surface area contributed by atoms with Crippen molar-refractivity contribution in [1.82, 2.24) is 4.90 Å². The zero-order chi connectivity index (χ0) is 28.4. The molecule has 2 aliphatic rings. The van der Waals surface area contributed by atoms with Gasteiger partial charge in [0.1, 0.15) is 30.5 Å². The van der Waals surface area contributed by atoms with Crippen LogP contribution < -0.4 is 14.2 Å². The number of aliphatic carboxylic acids is 1. The number of carbonyl (C=O) groups is 1. The molecule has 0 radical (unpaired) electrons. The van der Waals surface area contributed by atoms with Gasteiger partial charge < -0.3 is 19.3 Å². The van der Waals surface area contributed by atoms with Gasteiger partial charge in [0.2, 0.25) is 0 Å². The molecular formula is C27H27F6NO5. The first-order valence-corrected chi connectivity index (χ1v) is 12.3. The molecule has 2 aliphatic heterocycles. The number of fused-ring (bicyclic) bond motifs is 1. The summed E-state index contributed by atoms with van der Waals surface area (Å²) in [5.41, 5.74) is 0.621. The van der Waals surface area contributed by atoms with Crippen molar-refractivity contribution >= 4 is 12.0 Å². The summed E-state index contributed by atoms with van der Waals surface area (Å²) >= 11 is 0. The Bertz CT molecular complexity index is 1220. The minimum absolute atomic E-state index is 0.0989. The molecule has 12 heteroatoms. The van der Waals surface area contributed by atoms with Gasteiger partial charge in [-0.1, -0.05) is 6.07 Å². The molecule has 212 valence electrons. The van der Waals surface area contributed by atoms with Gasteiger partial charge in [-0.05, 0) is 74.3 Å². The first kappa shape index (κ1) is 28.6. The molecule has 0 spiro atoms. The lowest BCUT2D eigenvalue weighted by atomic mass is 9.96. The third-order valence-electron chi connectivity index (χ3n) is 6.64. The number of rotatable bonds is 8. The lowest BCUT2D eigenvalue weighted by Crippen LogP contribution is -2.38. The van der Waals surface area contributed by atoms with E-state index in [2.05, 4.69) is 9.64 Å². The largest absolute Gasteiger partial charge is 0.489 e. The second-order valence-electron chi connectivity index (χ2n) is 9.60. The first-order valence-electron chi connectivity index (χ1n) is 12.3. The number of halogens is 6. The van der Waals surface area contributed by atoms with Gasteiger partial charge in [-0.2, -0.15) is 26.3 Å². The number of carboxylic acids is 1. The highest BCUT2D eigenvalue weighted by molar-refractivity contribution is 5.70. The highest BCUT2D eigenvalue weighted by Gasteiger charge is 2.41. The van der Waals surface area contributed by atoms with Gasteiger partial charge in [-0.15, -0.1) is 0 Å². The third kappa shape index (κ3) is 7.37. The molecule has 1 saturated heterocycles. The van der Waals surface area contributed by atoms with Crippen molar-refractivity contribution in [2.75, 3.05) is 26.2 Å². The van der Waals surface area contributed by atoms with Gasteiger partial charge in [-0.25, -0.2) is 0 Å². The summed E-state index contributed by atoms with van der Waals surface area (Å²) < 4.78 is 94.9. The van der Waals surface area contributed by atoms with Crippen LogP contribution in [0.3, 0.4) is 0 Å². The molecule has 2 aromatic carbocycles. The number of hydrogen-bond acceptors (Lipinski definition) is 5. The molecular weight excluding hydrogens is 532 g/mol. The second kappa shape index (κ2) is 11.4. The molecule has 4 rings (SSSR count). The van der Waals surface area contributed by atoms with Gasteiger partial charge >= 0.3 is 18.3 Å². The van der Waals surface area contributed by atoms with Crippen molar-refractivity contribution < 1.29 is 50.5 Å². The van der Waals surface area contributed by atoms with Gasteiger partial charge in [0.25, 0.3) is 0 Å². The number of likely N-dealkylation sites (tertiary alicyclic amines) is 1. The predicted octanol–water partition coefficient (Wildman–Crippen LogP) is 6.19. The normalized spacial score (nSPS) is 17.6. The SMILES string of the molecule is C[C@H](Oc1ccc(COc2ccc3c(c2)OCC(CN2CCC(C(=O)O)CC2)=C3)cc1C(F)(F)F)C(F)(F)F. The Balaban J connectivity index is 1.38. The Morgan fingerprint density at radius 1 is 1.10 bits per heavy atom. The van der Waals surface area contributed by atoms with Crippen LogP contribution in [0.2, 0.25) is 0 Å². The number of ether oxygens (including phenoxy) is 3. The molecule has 1 fully saturated rings. The summed E-state index contributed by atoms with van der Waals surface area (Å²) in [6, 6.07) is 7.81. The lowest BCUT2D eigenvalue weighted by molar-refractivity contribution is -0.191. The molecule has 6 nitrogen and oxygen atoms in total. The molecule has 0 unspecified atom stereocenters. The van der Waals surface area contributed by atoms with E-state index in [-0.39, 0.29) is 18.1 Å². The standard InChI is InChI=1S/C27H27F6NO5/c1-16(26(28,29)30)39-23-5-2-17(11-22(23)27(31,32)33)14-37-21-4-3-20-10-18(15-38-24(20)12-21)13-34-8-6-19(7-9-34)25(35)36/h2-5,10-12,16,19H,6-9,13-15H2,1H3,(H,35,36)/t16-/m0/s1. The molecule has 2 aromatic rings. The van der Waals surface area contributed by atoms with Crippen LogP contribution in [0, 0.1) is 5.92 Å². The molecule has 0 saturated carbocycles. The van der Waals surface area contributed by atoms with E-state index >= 15 is 0 Å². The van der Waals surface area contributed by atoms with Gasteiger partial charge in [0.05, 0.1) is 11.5 Å². The smallest absolute Gasteiger partial charge is 0.425 e. The number of nitrogens with zero attached hydrogens (tertiary/aromatic N) is 1. The van der Waals surface area contributed by atoms with Gasteiger partial charge in [0.15, 0.2) is 6.10 Å². The highest BCUT2D eigenvalue weighted by Crippen LogP contribution is 2.39. The van der Waals surface area contributed by atoms with E-state index in [0.717, 1.165) is 17.2 Å². The Morgan fingerprint density at radius 2 is 1.82 bits per heavy atom. The van der Waals surface area contributed by atoms with Crippen LogP contribution in [0.15, 0.2) is 42.0 Å². The van der Waals surface area contributed by atoms with Crippen LogP contribution in [-0.2, 0) is 17.6 Å². The van der Waals surface area contributed by atoms with Crippen molar-refractivity contribution in [3.63, 3.8) is 0 Å². The number of hydrogen-bond donors (Lipinski definition) is 1. The van der Waals surface area contributed by atoms with Crippen molar-refractivity contribution in [1.29, 1.82) is 0 Å². The second-order valence-corrected chi connectivity index (χ2v) is 9.60. The maximum absolute atomic E-state index is 13.5. The van der Waals surface area contributed by atoms with Crippen molar-refractivity contribution in [2.24, 2.45) is 5.92 Å². The Labute approximate surface area is 220 Å². The topological polar surface area (TPSA) is 68.2 Å². The van der Waals surface area contributed by atoms with Crippen LogP contribution in [-0.4, -0.2) is 54.5 Å². The summed E-state index contributed by atoms with van der Waals surface area (Å²) in [5, 5.41) is 9.14. The zero-order valence-electron chi connectivity index (χ0n) is 20.9. The predicted molar refractivity (Wildman–Crippen MR) is 129 cm³/mol. The minimum atomic E-state index is -4.92. The van der Waals surface area contributed by atoms with Gasteiger partial charge in [0, 0.05) is 18.2 Å². The van der Waals surface area contributed by atoms with E-state index in [1.54, 1.807) is 18.2 Å². The fourth-order valence-corrected chi connectivity index (χ4v) is 4.41. The highest BCUT2D eigenvalue weighted by atomic mass is 19.4. The number of benzene rings is 2. The van der Waals surface area contributed by atoms with Crippen LogP contribution in [0.1, 0.15) is 36.5 Å². The van der Waals surface area contributed by atoms with Crippen molar-refractivity contribution in [3.8, 4) is 17.2 Å². The Kier molecular flexibility index (Phi) is 8.34. The molecule has 2 heterocycles. The quantitative estimate of drug-likeness (QED) is 0.390. The fraction of sp³-hybridized carbons (Fsp3) is 0.444. The summed E-state index contributed by atoms with van der Waals surface area (Å²) in [5.74, 6) is -1.08. The summed E-state index contributed by atoms with van der Waals surface area (Å²) in [4.78, 5) is 13.3. The van der Waals surface area contributed by atoms with Crippen molar-refractivity contribution in [2.45, 2.75) is 44.8 Å². The molecule has 0 aromatic heterocycles. The maximum Gasteiger partial charge on any atom is 0.425 e. The minimum Gasteiger partial charge on any atom is -0.489 e. The Morgan fingerprint density at radius 3 is 2.46 bits per heavy atom. The third-order valence-corrected chi connectivity index (χ3v) is 6.64.